The average Bonchev–Trinajstić information content (AvgIpc) is 3.39. The van der Waals surface area contributed by atoms with Gasteiger partial charge in [-0.2, -0.15) is 4.31 Å². The van der Waals surface area contributed by atoms with Crippen molar-refractivity contribution < 1.29 is 22.7 Å². The maximum atomic E-state index is 13.9. The van der Waals surface area contributed by atoms with Gasteiger partial charge in [0.2, 0.25) is 10.0 Å². The van der Waals surface area contributed by atoms with Gasteiger partial charge in [0.15, 0.2) is 5.13 Å². The Balaban J connectivity index is 1.67. The number of rotatable bonds is 12. The second-order valence-electron chi connectivity index (χ2n) is 9.14. The second-order valence-corrected chi connectivity index (χ2v) is 12.1. The standard InChI is InChI=1S/C29H33N3O5S2/c1-21-10-15-26-27(22(21)2)30-29(38-26)32(20-23-8-6-5-7-9-23)28(33)24-11-13-25(14-12-24)39(34,35)31(16-18-36-3)17-19-37-4/h5-15H,16-20H2,1-4H3. The highest BCUT2D eigenvalue weighted by Crippen LogP contribution is 2.33. The van der Waals surface area contributed by atoms with Gasteiger partial charge in [-0.1, -0.05) is 47.7 Å². The van der Waals surface area contributed by atoms with Crippen LogP contribution in [0, 0.1) is 13.8 Å². The molecule has 0 saturated carbocycles. The number of methoxy groups -OCH3 is 2. The van der Waals surface area contributed by atoms with Gasteiger partial charge in [0.1, 0.15) is 0 Å². The molecule has 0 aliphatic rings. The second kappa shape index (κ2) is 12.8. The number of carbonyl (C=O) groups is 1. The third kappa shape index (κ3) is 6.54. The summed E-state index contributed by atoms with van der Waals surface area (Å²) in [4.78, 5) is 20.5. The van der Waals surface area contributed by atoms with E-state index in [1.165, 1.54) is 42.0 Å². The van der Waals surface area contributed by atoms with Crippen LogP contribution < -0.4 is 4.90 Å². The van der Waals surface area contributed by atoms with Crippen LogP contribution in [0.25, 0.3) is 10.2 Å². The lowest BCUT2D eigenvalue weighted by Crippen LogP contribution is -2.36. The molecule has 39 heavy (non-hydrogen) atoms. The Morgan fingerprint density at radius 2 is 1.54 bits per heavy atom. The number of ether oxygens (including phenoxy) is 2. The number of amides is 1. The zero-order valence-corrected chi connectivity index (χ0v) is 24.2. The molecule has 4 aromatic rings. The van der Waals surface area contributed by atoms with Gasteiger partial charge in [0.05, 0.1) is 34.9 Å². The lowest BCUT2D eigenvalue weighted by Gasteiger charge is -2.22. The van der Waals surface area contributed by atoms with Crippen molar-refractivity contribution in [3.05, 3.63) is 89.0 Å². The Bertz CT molecular complexity index is 1510. The van der Waals surface area contributed by atoms with Gasteiger partial charge in [-0.15, -0.1) is 0 Å². The van der Waals surface area contributed by atoms with Crippen LogP contribution in [0.15, 0.2) is 71.6 Å². The van der Waals surface area contributed by atoms with E-state index in [9.17, 15) is 13.2 Å². The van der Waals surface area contributed by atoms with Gasteiger partial charge >= 0.3 is 0 Å². The van der Waals surface area contributed by atoms with E-state index >= 15 is 0 Å². The predicted molar refractivity (Wildman–Crippen MR) is 155 cm³/mol. The van der Waals surface area contributed by atoms with E-state index in [0.29, 0.717) is 17.2 Å². The fraction of sp³-hybridized carbons (Fsp3) is 0.310. The number of anilines is 1. The summed E-state index contributed by atoms with van der Waals surface area (Å²) < 4.78 is 39.1. The quantitative estimate of drug-likeness (QED) is 0.238. The lowest BCUT2D eigenvalue weighted by molar-refractivity contribution is 0.0985. The molecular weight excluding hydrogens is 534 g/mol. The number of sulfonamides is 1. The molecule has 1 heterocycles. The fourth-order valence-electron chi connectivity index (χ4n) is 4.13. The van der Waals surface area contributed by atoms with Crippen LogP contribution in [0.4, 0.5) is 5.13 Å². The van der Waals surface area contributed by atoms with E-state index < -0.39 is 10.0 Å². The molecule has 0 bridgehead atoms. The van der Waals surface area contributed by atoms with Crippen molar-refractivity contribution in [3.63, 3.8) is 0 Å². The molecule has 0 radical (unpaired) electrons. The predicted octanol–water partition coefficient (Wildman–Crippen LogP) is 5.04. The summed E-state index contributed by atoms with van der Waals surface area (Å²) >= 11 is 1.46. The Kier molecular flexibility index (Phi) is 9.47. The summed E-state index contributed by atoms with van der Waals surface area (Å²) in [5, 5.41) is 0.592. The summed E-state index contributed by atoms with van der Waals surface area (Å²) in [6.07, 6.45) is 0. The maximum absolute atomic E-state index is 13.9. The molecule has 0 N–H and O–H groups in total. The van der Waals surface area contributed by atoms with Crippen LogP contribution >= 0.6 is 11.3 Å². The molecule has 0 unspecified atom stereocenters. The van der Waals surface area contributed by atoms with Crippen molar-refractivity contribution in [2.75, 3.05) is 45.4 Å². The average molecular weight is 568 g/mol. The Hall–Kier alpha value is -3.15. The minimum absolute atomic E-state index is 0.104. The number of aromatic nitrogens is 1. The van der Waals surface area contributed by atoms with Crippen molar-refractivity contribution >= 4 is 42.6 Å². The fourth-order valence-corrected chi connectivity index (χ4v) is 6.57. The molecule has 0 aliphatic heterocycles. The van der Waals surface area contributed by atoms with E-state index in [4.69, 9.17) is 14.5 Å². The number of hydrogen-bond donors (Lipinski definition) is 0. The van der Waals surface area contributed by atoms with Crippen molar-refractivity contribution in [2.24, 2.45) is 0 Å². The summed E-state index contributed by atoms with van der Waals surface area (Å²) in [5.74, 6) is -0.258. The first-order valence-corrected chi connectivity index (χ1v) is 14.8. The molecule has 0 saturated heterocycles. The van der Waals surface area contributed by atoms with Crippen LogP contribution in [0.1, 0.15) is 27.0 Å². The number of thiazole rings is 1. The molecule has 0 fully saturated rings. The Morgan fingerprint density at radius 1 is 0.897 bits per heavy atom. The molecule has 1 amide bonds. The molecule has 206 valence electrons. The minimum atomic E-state index is -3.80. The van der Waals surface area contributed by atoms with Gasteiger partial charge in [-0.25, -0.2) is 13.4 Å². The van der Waals surface area contributed by atoms with E-state index in [2.05, 4.69) is 6.07 Å². The molecule has 0 aliphatic carbocycles. The lowest BCUT2D eigenvalue weighted by atomic mass is 10.1. The van der Waals surface area contributed by atoms with Gasteiger partial charge < -0.3 is 9.47 Å². The first-order chi connectivity index (χ1) is 18.8. The van der Waals surface area contributed by atoms with E-state index in [-0.39, 0.29) is 37.1 Å². The van der Waals surface area contributed by atoms with Crippen LogP contribution in [-0.2, 0) is 26.0 Å². The normalized spacial score (nSPS) is 11.8. The molecule has 0 spiro atoms. The van der Waals surface area contributed by atoms with Crippen molar-refractivity contribution in [1.82, 2.24) is 9.29 Å². The molecule has 10 heteroatoms. The highest BCUT2D eigenvalue weighted by atomic mass is 32.2. The highest BCUT2D eigenvalue weighted by molar-refractivity contribution is 7.89. The molecule has 0 atom stereocenters. The number of nitrogens with zero attached hydrogens (tertiary/aromatic N) is 3. The monoisotopic (exact) mass is 567 g/mol. The number of aryl methyl sites for hydroxylation is 2. The summed E-state index contributed by atoms with van der Waals surface area (Å²) in [7, 11) is -0.748. The number of fused-ring (bicyclic) bond motifs is 1. The van der Waals surface area contributed by atoms with Crippen molar-refractivity contribution in [1.29, 1.82) is 0 Å². The smallest absolute Gasteiger partial charge is 0.260 e. The van der Waals surface area contributed by atoms with Gasteiger partial charge in [0.25, 0.3) is 5.91 Å². The number of carbonyl (C=O) groups excluding carboxylic acids is 1. The maximum Gasteiger partial charge on any atom is 0.260 e. The Morgan fingerprint density at radius 3 is 2.15 bits per heavy atom. The third-order valence-corrected chi connectivity index (χ3v) is 9.52. The summed E-state index contributed by atoms with van der Waals surface area (Å²) in [6, 6.07) is 19.9. The molecule has 1 aromatic heterocycles. The third-order valence-electron chi connectivity index (χ3n) is 6.56. The van der Waals surface area contributed by atoms with Gasteiger partial charge in [-0.3, -0.25) is 9.69 Å². The SMILES string of the molecule is COCCN(CCOC)S(=O)(=O)c1ccc(C(=O)N(Cc2ccccc2)c2nc3c(C)c(C)ccc3s2)cc1. The van der Waals surface area contributed by atoms with Crippen molar-refractivity contribution in [2.45, 2.75) is 25.3 Å². The zero-order chi connectivity index (χ0) is 28.0. The van der Waals surface area contributed by atoms with Crippen LogP contribution in [-0.4, -0.2) is 64.1 Å². The Labute approximate surface area is 233 Å². The van der Waals surface area contributed by atoms with Crippen LogP contribution in [0.2, 0.25) is 0 Å². The van der Waals surface area contributed by atoms with Crippen molar-refractivity contribution in [3.8, 4) is 0 Å². The van der Waals surface area contributed by atoms with Gasteiger partial charge in [0, 0.05) is 32.9 Å². The molecule has 4 rings (SSSR count). The first kappa shape index (κ1) is 28.8. The van der Waals surface area contributed by atoms with E-state index in [1.807, 2.05) is 50.2 Å². The zero-order valence-electron chi connectivity index (χ0n) is 22.6. The topological polar surface area (TPSA) is 89.0 Å². The number of benzene rings is 3. The first-order valence-electron chi connectivity index (χ1n) is 12.6. The van der Waals surface area contributed by atoms with Gasteiger partial charge in [-0.05, 0) is 60.9 Å². The summed E-state index contributed by atoms with van der Waals surface area (Å²) in [6.45, 7) is 5.33. The summed E-state index contributed by atoms with van der Waals surface area (Å²) in [5.41, 5.74) is 4.45. The van der Waals surface area contributed by atoms with Crippen LogP contribution in [0.3, 0.4) is 0 Å². The minimum Gasteiger partial charge on any atom is -0.383 e. The van der Waals surface area contributed by atoms with E-state index in [1.54, 1.807) is 17.0 Å². The molecule has 8 nitrogen and oxygen atoms in total. The molecular formula is C29H33N3O5S2. The molecule has 3 aromatic carbocycles. The number of hydrogen-bond acceptors (Lipinski definition) is 7. The van der Waals surface area contributed by atoms with E-state index in [0.717, 1.165) is 26.9 Å². The largest absolute Gasteiger partial charge is 0.383 e. The van der Waals surface area contributed by atoms with Crippen LogP contribution in [0.5, 0.6) is 0 Å². The highest BCUT2D eigenvalue weighted by Gasteiger charge is 2.26.